The van der Waals surface area contributed by atoms with Gasteiger partial charge in [0, 0.05) is 37.7 Å². The Hall–Kier alpha value is -2.36. The Balaban J connectivity index is 1.88. The summed E-state index contributed by atoms with van der Waals surface area (Å²) in [5.41, 5.74) is 0.578. The highest BCUT2D eigenvalue weighted by Crippen LogP contribution is 2.24. The number of nitrogens with zero attached hydrogens (tertiary/aromatic N) is 2. The molecule has 0 unspecified atom stereocenters. The summed E-state index contributed by atoms with van der Waals surface area (Å²) in [6, 6.07) is 7.40. The van der Waals surface area contributed by atoms with Crippen molar-refractivity contribution < 1.29 is 13.2 Å². The Morgan fingerprint density at radius 3 is 2.60 bits per heavy atom. The van der Waals surface area contributed by atoms with Gasteiger partial charge in [0.15, 0.2) is 0 Å². The van der Waals surface area contributed by atoms with Gasteiger partial charge in [0.2, 0.25) is 0 Å². The monoisotopic (exact) mass is 451 g/mol. The van der Waals surface area contributed by atoms with E-state index >= 15 is 0 Å². The zero-order valence-electron chi connectivity index (χ0n) is 16.8. The van der Waals surface area contributed by atoms with E-state index in [9.17, 15) is 13.2 Å². The number of unbranched alkanes of at least 4 members (excludes halogenated alkanes) is 1. The van der Waals surface area contributed by atoms with E-state index in [1.165, 1.54) is 30.5 Å². The van der Waals surface area contributed by atoms with Crippen LogP contribution < -0.4 is 20.3 Å². The summed E-state index contributed by atoms with van der Waals surface area (Å²) < 4.78 is 27.9. The maximum atomic E-state index is 12.8. The Bertz CT molecular complexity index is 976. The predicted octanol–water partition coefficient (Wildman–Crippen LogP) is 2.48. The maximum absolute atomic E-state index is 12.8. The molecule has 8 nitrogen and oxygen atoms in total. The lowest BCUT2D eigenvalue weighted by Gasteiger charge is -2.30. The smallest absolute Gasteiger partial charge is 0.261 e. The van der Waals surface area contributed by atoms with Crippen LogP contribution in [0.15, 0.2) is 41.4 Å². The molecule has 0 radical (unpaired) electrons. The standard InChI is InChI=1S/C20H26ClN5O3S/c1-2-3-8-23-20(27)18-13-16(14-24-19(18)26-11-9-22-10-12-26)25-30(28,29)17-6-4-15(21)5-7-17/h4-7,13-14,22,25H,2-3,8-12H2,1H3,(H,23,27). The minimum atomic E-state index is -3.84. The van der Waals surface area contributed by atoms with Gasteiger partial charge in [-0.05, 0) is 36.8 Å². The second-order valence-corrected chi connectivity index (χ2v) is 9.12. The normalized spacial score (nSPS) is 14.4. The van der Waals surface area contributed by atoms with Gasteiger partial charge in [0.25, 0.3) is 15.9 Å². The topological polar surface area (TPSA) is 103 Å². The number of anilines is 2. The first-order valence-corrected chi connectivity index (χ1v) is 11.8. The summed E-state index contributed by atoms with van der Waals surface area (Å²) in [6.45, 7) is 5.63. The molecule has 30 heavy (non-hydrogen) atoms. The molecule has 0 atom stereocenters. The Morgan fingerprint density at radius 2 is 1.93 bits per heavy atom. The van der Waals surface area contributed by atoms with Crippen molar-refractivity contribution in [2.24, 2.45) is 0 Å². The van der Waals surface area contributed by atoms with Gasteiger partial charge in [-0.3, -0.25) is 9.52 Å². The fourth-order valence-corrected chi connectivity index (χ4v) is 4.27. The third-order valence-corrected chi connectivity index (χ3v) is 6.37. The SMILES string of the molecule is CCCCNC(=O)c1cc(NS(=O)(=O)c2ccc(Cl)cc2)cnc1N1CCNCC1. The molecule has 2 heterocycles. The number of carbonyl (C=O) groups is 1. The summed E-state index contributed by atoms with van der Waals surface area (Å²) >= 11 is 5.84. The molecule has 1 fully saturated rings. The number of benzene rings is 1. The largest absolute Gasteiger partial charge is 0.353 e. The van der Waals surface area contributed by atoms with Crippen LogP contribution in [0.4, 0.5) is 11.5 Å². The van der Waals surface area contributed by atoms with Crippen molar-refractivity contribution in [1.29, 1.82) is 0 Å². The third-order valence-electron chi connectivity index (χ3n) is 4.72. The van der Waals surface area contributed by atoms with E-state index in [2.05, 4.69) is 20.3 Å². The Morgan fingerprint density at radius 1 is 1.23 bits per heavy atom. The Labute approximate surface area is 182 Å². The minimum absolute atomic E-state index is 0.0760. The highest BCUT2D eigenvalue weighted by molar-refractivity contribution is 7.92. The van der Waals surface area contributed by atoms with Crippen LogP contribution >= 0.6 is 11.6 Å². The lowest BCUT2D eigenvalue weighted by molar-refractivity contribution is 0.0953. The molecule has 3 N–H and O–H groups in total. The molecule has 1 saturated heterocycles. The first-order chi connectivity index (χ1) is 14.4. The number of piperazine rings is 1. The number of aromatic nitrogens is 1. The van der Waals surface area contributed by atoms with E-state index in [1.807, 2.05) is 11.8 Å². The van der Waals surface area contributed by atoms with Crippen LogP contribution in [0.2, 0.25) is 5.02 Å². The van der Waals surface area contributed by atoms with Gasteiger partial charge in [-0.1, -0.05) is 24.9 Å². The number of nitrogens with one attached hydrogen (secondary N) is 3. The van der Waals surface area contributed by atoms with Crippen molar-refractivity contribution >= 4 is 39.0 Å². The van der Waals surface area contributed by atoms with E-state index in [1.54, 1.807) is 6.07 Å². The molecule has 0 spiro atoms. The maximum Gasteiger partial charge on any atom is 0.261 e. The van der Waals surface area contributed by atoms with Crippen molar-refractivity contribution in [1.82, 2.24) is 15.6 Å². The molecule has 1 aliphatic heterocycles. The van der Waals surface area contributed by atoms with Gasteiger partial charge >= 0.3 is 0 Å². The highest BCUT2D eigenvalue weighted by atomic mass is 35.5. The van der Waals surface area contributed by atoms with E-state index < -0.39 is 10.0 Å². The van der Waals surface area contributed by atoms with Gasteiger partial charge < -0.3 is 15.5 Å². The van der Waals surface area contributed by atoms with Crippen molar-refractivity contribution in [3.63, 3.8) is 0 Å². The summed E-state index contributed by atoms with van der Waals surface area (Å²) in [5, 5.41) is 6.61. The molecule has 0 bridgehead atoms. The molecule has 3 rings (SSSR count). The number of hydrogen-bond donors (Lipinski definition) is 3. The van der Waals surface area contributed by atoms with Crippen LogP contribution in [0.3, 0.4) is 0 Å². The molecule has 1 aromatic carbocycles. The molecule has 0 saturated carbocycles. The summed E-state index contributed by atoms with van der Waals surface area (Å²) in [7, 11) is -3.84. The zero-order chi connectivity index (χ0) is 21.6. The first kappa shape index (κ1) is 22.3. The number of hydrogen-bond acceptors (Lipinski definition) is 6. The lowest BCUT2D eigenvalue weighted by atomic mass is 10.2. The fourth-order valence-electron chi connectivity index (χ4n) is 3.11. The molecule has 1 aliphatic rings. The molecule has 1 amide bonds. The molecule has 2 aromatic rings. The van der Waals surface area contributed by atoms with E-state index in [0.29, 0.717) is 22.9 Å². The predicted molar refractivity (Wildman–Crippen MR) is 119 cm³/mol. The molecule has 1 aromatic heterocycles. The van der Waals surface area contributed by atoms with Crippen molar-refractivity contribution in [3.8, 4) is 0 Å². The number of carbonyl (C=O) groups excluding carboxylic acids is 1. The molecular formula is C20H26ClN5O3S. The van der Waals surface area contributed by atoms with Crippen LogP contribution in [0.5, 0.6) is 0 Å². The van der Waals surface area contributed by atoms with Gasteiger partial charge in [-0.2, -0.15) is 0 Å². The highest BCUT2D eigenvalue weighted by Gasteiger charge is 2.22. The molecule has 0 aliphatic carbocycles. The van der Waals surface area contributed by atoms with Crippen LogP contribution in [0.1, 0.15) is 30.1 Å². The molecule has 10 heteroatoms. The van der Waals surface area contributed by atoms with E-state index in [4.69, 9.17) is 11.6 Å². The van der Waals surface area contributed by atoms with Gasteiger partial charge in [-0.25, -0.2) is 13.4 Å². The number of pyridine rings is 1. The van der Waals surface area contributed by atoms with Crippen molar-refractivity contribution in [2.45, 2.75) is 24.7 Å². The summed E-state index contributed by atoms with van der Waals surface area (Å²) in [4.78, 5) is 19.4. The van der Waals surface area contributed by atoms with Gasteiger partial charge in [-0.15, -0.1) is 0 Å². The quantitative estimate of drug-likeness (QED) is 0.533. The lowest BCUT2D eigenvalue weighted by Crippen LogP contribution is -2.44. The summed E-state index contributed by atoms with van der Waals surface area (Å²) in [5.74, 6) is 0.289. The number of rotatable bonds is 8. The second kappa shape index (κ2) is 10.1. The van der Waals surface area contributed by atoms with E-state index in [-0.39, 0.29) is 16.5 Å². The number of amides is 1. The minimum Gasteiger partial charge on any atom is -0.353 e. The van der Waals surface area contributed by atoms with E-state index in [0.717, 1.165) is 39.0 Å². The average Bonchev–Trinajstić information content (AvgIpc) is 2.74. The zero-order valence-corrected chi connectivity index (χ0v) is 18.4. The van der Waals surface area contributed by atoms with Crippen molar-refractivity contribution in [2.75, 3.05) is 42.3 Å². The summed E-state index contributed by atoms with van der Waals surface area (Å²) in [6.07, 6.45) is 3.27. The van der Waals surface area contributed by atoms with Gasteiger partial charge in [0.05, 0.1) is 22.3 Å². The van der Waals surface area contributed by atoms with Crippen LogP contribution in [-0.2, 0) is 10.0 Å². The third kappa shape index (κ3) is 5.62. The van der Waals surface area contributed by atoms with Crippen LogP contribution in [0.25, 0.3) is 0 Å². The molecule has 162 valence electrons. The van der Waals surface area contributed by atoms with Crippen molar-refractivity contribution in [3.05, 3.63) is 47.1 Å². The molecular weight excluding hydrogens is 426 g/mol. The van der Waals surface area contributed by atoms with Gasteiger partial charge in [0.1, 0.15) is 5.82 Å². The fraction of sp³-hybridized carbons (Fsp3) is 0.400. The second-order valence-electron chi connectivity index (χ2n) is 7.00. The number of sulfonamides is 1. The van der Waals surface area contributed by atoms with Crippen LogP contribution in [-0.4, -0.2) is 52.0 Å². The number of halogens is 1. The first-order valence-electron chi connectivity index (χ1n) is 9.93. The Kier molecular flexibility index (Phi) is 7.52. The average molecular weight is 452 g/mol. The van der Waals surface area contributed by atoms with Crippen LogP contribution in [0, 0.1) is 0 Å².